The number of aryl methyl sites for hydroxylation is 2. The van der Waals surface area contributed by atoms with Gasteiger partial charge in [0.2, 0.25) is 5.82 Å². The van der Waals surface area contributed by atoms with E-state index in [0.29, 0.717) is 10.2 Å². The molecule has 2 heterocycles. The third-order valence-electron chi connectivity index (χ3n) is 2.78. The van der Waals surface area contributed by atoms with Gasteiger partial charge in [-0.2, -0.15) is 0 Å². The predicted octanol–water partition coefficient (Wildman–Crippen LogP) is 2.20. The van der Waals surface area contributed by atoms with Crippen LogP contribution in [-0.2, 0) is 12.8 Å². The fraction of sp³-hybridized carbons (Fsp3) is 0.417. The second-order valence-corrected chi connectivity index (χ2v) is 5.09. The van der Waals surface area contributed by atoms with Crippen LogP contribution in [0.25, 0.3) is 10.2 Å². The van der Waals surface area contributed by atoms with Gasteiger partial charge in [-0.1, -0.05) is 20.3 Å². The molecule has 0 bridgehead atoms. The Bertz CT molecular complexity index is 657. The predicted molar refractivity (Wildman–Crippen MR) is 70.6 cm³/mol. The monoisotopic (exact) mass is 266 g/mol. The summed E-state index contributed by atoms with van der Waals surface area (Å²) in [6.45, 7) is 4.06. The molecule has 0 atom stereocenters. The molecule has 0 unspecified atom stereocenters. The summed E-state index contributed by atoms with van der Waals surface area (Å²) in [5, 5.41) is 9.43. The molecule has 2 rings (SSSR count). The molecule has 0 aliphatic carbocycles. The lowest BCUT2D eigenvalue weighted by atomic mass is 10.1. The highest BCUT2D eigenvalue weighted by Gasteiger charge is 2.17. The summed E-state index contributed by atoms with van der Waals surface area (Å²) < 4.78 is 0. The maximum absolute atomic E-state index is 11.9. The first kappa shape index (κ1) is 12.8. The maximum atomic E-state index is 11.9. The van der Waals surface area contributed by atoms with Crippen LogP contribution in [0.15, 0.2) is 4.79 Å². The number of nitrogens with zero attached hydrogens (tertiary/aromatic N) is 1. The molecule has 0 saturated heterocycles. The van der Waals surface area contributed by atoms with Gasteiger partial charge < -0.3 is 10.1 Å². The van der Waals surface area contributed by atoms with Gasteiger partial charge in [0.05, 0.1) is 5.39 Å². The summed E-state index contributed by atoms with van der Waals surface area (Å²) in [5.74, 6) is -1.50. The zero-order chi connectivity index (χ0) is 13.3. The molecular formula is C12H14N2O3S. The Morgan fingerprint density at radius 1 is 1.44 bits per heavy atom. The molecule has 0 saturated carbocycles. The highest BCUT2D eigenvalue weighted by atomic mass is 32.1. The van der Waals surface area contributed by atoms with Crippen molar-refractivity contribution in [2.45, 2.75) is 33.1 Å². The van der Waals surface area contributed by atoms with Gasteiger partial charge in [0, 0.05) is 4.88 Å². The highest BCUT2D eigenvalue weighted by Crippen LogP contribution is 2.29. The number of aromatic amines is 1. The molecule has 0 amide bonds. The molecule has 2 aromatic heterocycles. The third kappa shape index (κ3) is 2.03. The zero-order valence-corrected chi connectivity index (χ0v) is 11.1. The van der Waals surface area contributed by atoms with Gasteiger partial charge in [0.25, 0.3) is 5.56 Å². The largest absolute Gasteiger partial charge is 0.475 e. The van der Waals surface area contributed by atoms with E-state index in [2.05, 4.69) is 16.9 Å². The van der Waals surface area contributed by atoms with Gasteiger partial charge in [-0.3, -0.25) is 4.79 Å². The number of hydrogen-bond donors (Lipinski definition) is 2. The Balaban J connectivity index is 2.75. The minimum absolute atomic E-state index is 0.292. The van der Waals surface area contributed by atoms with Crippen LogP contribution in [0, 0.1) is 0 Å². The maximum Gasteiger partial charge on any atom is 0.372 e. The van der Waals surface area contributed by atoms with E-state index >= 15 is 0 Å². The molecule has 0 aromatic carbocycles. The van der Waals surface area contributed by atoms with Crippen LogP contribution in [0.1, 0.15) is 41.3 Å². The van der Waals surface area contributed by atoms with Crippen molar-refractivity contribution in [3.63, 3.8) is 0 Å². The smallest absolute Gasteiger partial charge is 0.372 e. The summed E-state index contributed by atoms with van der Waals surface area (Å²) in [6, 6.07) is 0. The molecule has 0 fully saturated rings. The van der Waals surface area contributed by atoms with Crippen LogP contribution in [0.3, 0.4) is 0 Å². The van der Waals surface area contributed by atoms with E-state index in [9.17, 15) is 9.59 Å². The Labute approximate surface area is 107 Å². The van der Waals surface area contributed by atoms with Crippen LogP contribution in [0.4, 0.5) is 0 Å². The van der Waals surface area contributed by atoms with Crippen molar-refractivity contribution in [3.8, 4) is 0 Å². The Morgan fingerprint density at radius 2 is 2.17 bits per heavy atom. The average molecular weight is 266 g/mol. The van der Waals surface area contributed by atoms with Gasteiger partial charge >= 0.3 is 5.97 Å². The molecule has 0 spiro atoms. The standard InChI is InChI=1S/C12H14N2O3S/c1-3-5-7-6(4-2)8-10(15)13-9(12(16)17)14-11(8)18-7/h3-5H2,1-2H3,(H,16,17)(H,13,14,15). The zero-order valence-electron chi connectivity index (χ0n) is 10.2. The number of aromatic nitrogens is 2. The molecule has 5 nitrogen and oxygen atoms in total. The SMILES string of the molecule is CCCc1sc2nc(C(=O)O)[nH]c(=O)c2c1CC. The number of fused-ring (bicyclic) bond motifs is 1. The molecule has 18 heavy (non-hydrogen) atoms. The van der Waals surface area contributed by atoms with E-state index in [1.165, 1.54) is 11.3 Å². The lowest BCUT2D eigenvalue weighted by molar-refractivity contribution is 0.0683. The summed E-state index contributed by atoms with van der Waals surface area (Å²) in [7, 11) is 0. The van der Waals surface area contributed by atoms with Crippen LogP contribution in [-0.4, -0.2) is 21.0 Å². The fourth-order valence-electron chi connectivity index (χ4n) is 2.01. The first-order valence-electron chi connectivity index (χ1n) is 5.86. The van der Waals surface area contributed by atoms with Gasteiger partial charge in [-0.05, 0) is 18.4 Å². The number of nitrogens with one attached hydrogen (secondary N) is 1. The molecule has 0 aliphatic heterocycles. The second-order valence-electron chi connectivity index (χ2n) is 4.01. The second kappa shape index (κ2) is 4.89. The molecule has 2 N–H and O–H groups in total. The van der Waals surface area contributed by atoms with Crippen molar-refractivity contribution in [1.29, 1.82) is 0 Å². The molecule has 0 radical (unpaired) electrons. The Morgan fingerprint density at radius 3 is 2.72 bits per heavy atom. The minimum atomic E-state index is -1.21. The van der Waals surface area contributed by atoms with E-state index in [-0.39, 0.29) is 11.4 Å². The van der Waals surface area contributed by atoms with E-state index < -0.39 is 5.97 Å². The van der Waals surface area contributed by atoms with Crippen molar-refractivity contribution < 1.29 is 9.90 Å². The number of carboxylic acids is 1. The number of thiophene rings is 1. The van der Waals surface area contributed by atoms with E-state index in [1.807, 2.05) is 6.92 Å². The number of H-pyrrole nitrogens is 1. The average Bonchev–Trinajstić information content (AvgIpc) is 2.67. The van der Waals surface area contributed by atoms with E-state index in [1.54, 1.807) is 0 Å². The van der Waals surface area contributed by atoms with Gasteiger partial charge in [0.1, 0.15) is 4.83 Å². The quantitative estimate of drug-likeness (QED) is 0.888. The van der Waals surface area contributed by atoms with Crippen LogP contribution < -0.4 is 5.56 Å². The Kier molecular flexibility index (Phi) is 3.47. The number of carbonyl (C=O) groups is 1. The lowest BCUT2D eigenvalue weighted by Gasteiger charge is -1.98. The first-order valence-corrected chi connectivity index (χ1v) is 6.68. The summed E-state index contributed by atoms with van der Waals surface area (Å²) in [4.78, 5) is 30.8. The fourth-order valence-corrected chi connectivity index (χ4v) is 3.38. The van der Waals surface area contributed by atoms with Crippen molar-refractivity contribution in [2.75, 3.05) is 0 Å². The van der Waals surface area contributed by atoms with Crippen LogP contribution in [0.5, 0.6) is 0 Å². The molecular weight excluding hydrogens is 252 g/mol. The normalized spacial score (nSPS) is 11.0. The summed E-state index contributed by atoms with van der Waals surface area (Å²) in [5.41, 5.74) is 0.649. The topological polar surface area (TPSA) is 83.0 Å². The van der Waals surface area contributed by atoms with Crippen molar-refractivity contribution in [3.05, 3.63) is 26.6 Å². The van der Waals surface area contributed by atoms with Crippen molar-refractivity contribution in [2.24, 2.45) is 0 Å². The Hall–Kier alpha value is -1.69. The number of carboxylic acid groups (broad SMARTS) is 1. The summed E-state index contributed by atoms with van der Waals surface area (Å²) in [6.07, 6.45) is 2.64. The molecule has 6 heteroatoms. The molecule has 2 aromatic rings. The highest BCUT2D eigenvalue weighted by molar-refractivity contribution is 7.18. The van der Waals surface area contributed by atoms with Gasteiger partial charge in [-0.25, -0.2) is 9.78 Å². The van der Waals surface area contributed by atoms with E-state index in [4.69, 9.17) is 5.11 Å². The van der Waals surface area contributed by atoms with E-state index in [0.717, 1.165) is 29.7 Å². The third-order valence-corrected chi connectivity index (χ3v) is 3.96. The van der Waals surface area contributed by atoms with Crippen LogP contribution in [0.2, 0.25) is 0 Å². The van der Waals surface area contributed by atoms with Crippen LogP contribution >= 0.6 is 11.3 Å². The molecule has 0 aliphatic rings. The number of rotatable bonds is 4. The molecule has 96 valence electrons. The van der Waals surface area contributed by atoms with Gasteiger partial charge in [-0.15, -0.1) is 11.3 Å². The number of aromatic carboxylic acids is 1. The number of hydrogen-bond acceptors (Lipinski definition) is 4. The van der Waals surface area contributed by atoms with Crippen molar-refractivity contribution >= 4 is 27.5 Å². The summed E-state index contributed by atoms with van der Waals surface area (Å²) >= 11 is 1.42. The van der Waals surface area contributed by atoms with Crippen molar-refractivity contribution in [1.82, 2.24) is 9.97 Å². The van der Waals surface area contributed by atoms with Gasteiger partial charge in [0.15, 0.2) is 0 Å². The minimum Gasteiger partial charge on any atom is -0.475 e. The lowest BCUT2D eigenvalue weighted by Crippen LogP contribution is -2.15. The first-order chi connectivity index (χ1) is 8.58.